The Labute approximate surface area is 105 Å². The second-order valence-corrected chi connectivity index (χ2v) is 4.63. The van der Waals surface area contributed by atoms with Crippen LogP contribution in [-0.2, 0) is 0 Å². The van der Waals surface area contributed by atoms with Crippen molar-refractivity contribution in [2.24, 2.45) is 0 Å². The standard InChI is InChI=1S/C10H4ClN5S/c11-8-3-6(1-2-7(8)4-12)9-15-16-5-13-14-10(16)17-9/h1-3,5H. The average molecular weight is 262 g/mol. The fourth-order valence-corrected chi connectivity index (χ4v) is 2.45. The minimum atomic E-state index is 0.427. The van der Waals surface area contributed by atoms with E-state index in [1.807, 2.05) is 12.1 Å². The Bertz CT molecular complexity index is 710. The van der Waals surface area contributed by atoms with Crippen molar-refractivity contribution >= 4 is 27.9 Å². The van der Waals surface area contributed by atoms with Gasteiger partial charge in [-0.2, -0.15) is 14.9 Å². The van der Waals surface area contributed by atoms with Crippen molar-refractivity contribution in [3.8, 4) is 16.6 Å². The van der Waals surface area contributed by atoms with Gasteiger partial charge in [-0.3, -0.25) is 0 Å². The average Bonchev–Trinajstić information content (AvgIpc) is 2.88. The molecule has 0 saturated heterocycles. The number of rotatable bonds is 1. The van der Waals surface area contributed by atoms with Crippen LogP contribution in [0.2, 0.25) is 5.02 Å². The quantitative estimate of drug-likeness (QED) is 0.674. The molecule has 0 aliphatic rings. The molecule has 0 radical (unpaired) electrons. The van der Waals surface area contributed by atoms with E-state index in [1.165, 1.54) is 11.3 Å². The van der Waals surface area contributed by atoms with Crippen LogP contribution in [0.5, 0.6) is 0 Å². The van der Waals surface area contributed by atoms with Crippen LogP contribution in [0.4, 0.5) is 0 Å². The first-order valence-corrected chi connectivity index (χ1v) is 5.84. The molecule has 7 heteroatoms. The van der Waals surface area contributed by atoms with E-state index in [1.54, 1.807) is 23.0 Å². The zero-order valence-electron chi connectivity index (χ0n) is 8.33. The lowest BCUT2D eigenvalue weighted by atomic mass is 10.1. The molecule has 0 fully saturated rings. The van der Waals surface area contributed by atoms with E-state index < -0.39 is 0 Å². The van der Waals surface area contributed by atoms with Crippen molar-refractivity contribution in [2.75, 3.05) is 0 Å². The lowest BCUT2D eigenvalue weighted by Gasteiger charge is -1.97. The normalized spacial score (nSPS) is 10.6. The van der Waals surface area contributed by atoms with Crippen LogP contribution >= 0.6 is 22.9 Å². The lowest BCUT2D eigenvalue weighted by molar-refractivity contribution is 0.960. The van der Waals surface area contributed by atoms with Crippen LogP contribution in [0.25, 0.3) is 15.5 Å². The third-order valence-electron chi connectivity index (χ3n) is 2.22. The smallest absolute Gasteiger partial charge is 0.192 e. The number of benzene rings is 1. The van der Waals surface area contributed by atoms with E-state index in [-0.39, 0.29) is 0 Å². The molecule has 0 bridgehead atoms. The van der Waals surface area contributed by atoms with Gasteiger partial charge in [-0.25, -0.2) is 0 Å². The van der Waals surface area contributed by atoms with E-state index in [9.17, 15) is 0 Å². The van der Waals surface area contributed by atoms with Gasteiger partial charge in [0.25, 0.3) is 0 Å². The monoisotopic (exact) mass is 261 g/mol. The number of halogens is 1. The topological polar surface area (TPSA) is 66.9 Å². The molecule has 0 amide bonds. The number of aromatic nitrogens is 4. The molecule has 0 unspecified atom stereocenters. The van der Waals surface area contributed by atoms with Gasteiger partial charge in [0.1, 0.15) is 17.4 Å². The van der Waals surface area contributed by atoms with Gasteiger partial charge in [0.2, 0.25) is 4.96 Å². The predicted octanol–water partition coefficient (Wildman–Crippen LogP) is 2.38. The van der Waals surface area contributed by atoms with Gasteiger partial charge < -0.3 is 0 Å². The van der Waals surface area contributed by atoms with Gasteiger partial charge in [0.15, 0.2) is 0 Å². The van der Waals surface area contributed by atoms with Crippen molar-refractivity contribution in [3.63, 3.8) is 0 Å². The summed E-state index contributed by atoms with van der Waals surface area (Å²) in [5.74, 6) is 0. The minimum Gasteiger partial charge on any atom is -0.192 e. The molecule has 2 heterocycles. The van der Waals surface area contributed by atoms with E-state index in [0.29, 0.717) is 10.6 Å². The third kappa shape index (κ3) is 1.65. The molecule has 0 N–H and O–H groups in total. The number of nitrogens with zero attached hydrogens (tertiary/aromatic N) is 5. The molecular weight excluding hydrogens is 258 g/mol. The predicted molar refractivity (Wildman–Crippen MR) is 63.8 cm³/mol. The van der Waals surface area contributed by atoms with Crippen molar-refractivity contribution in [2.45, 2.75) is 0 Å². The summed E-state index contributed by atoms with van der Waals surface area (Å²) in [4.78, 5) is 0.723. The number of hydrogen-bond acceptors (Lipinski definition) is 5. The van der Waals surface area contributed by atoms with E-state index in [0.717, 1.165) is 15.5 Å². The van der Waals surface area contributed by atoms with E-state index in [4.69, 9.17) is 16.9 Å². The van der Waals surface area contributed by atoms with Gasteiger partial charge in [-0.15, -0.1) is 10.2 Å². The maximum atomic E-state index is 8.79. The second kappa shape index (κ2) is 3.80. The van der Waals surface area contributed by atoms with E-state index in [2.05, 4.69) is 15.3 Å². The summed E-state index contributed by atoms with van der Waals surface area (Å²) < 4.78 is 1.60. The summed E-state index contributed by atoms with van der Waals surface area (Å²) in [5, 5.41) is 22.0. The van der Waals surface area contributed by atoms with E-state index >= 15 is 0 Å². The van der Waals surface area contributed by atoms with Crippen molar-refractivity contribution in [1.82, 2.24) is 19.8 Å². The summed E-state index contributed by atoms with van der Waals surface area (Å²) in [5.41, 5.74) is 1.32. The van der Waals surface area contributed by atoms with Crippen LogP contribution in [0, 0.1) is 11.3 Å². The summed E-state index contributed by atoms with van der Waals surface area (Å²) in [6.45, 7) is 0. The molecule has 2 aromatic heterocycles. The Kier molecular flexibility index (Phi) is 2.28. The fraction of sp³-hybridized carbons (Fsp3) is 0. The Morgan fingerprint density at radius 3 is 3.00 bits per heavy atom. The number of fused-ring (bicyclic) bond motifs is 1. The Morgan fingerprint density at radius 1 is 1.41 bits per heavy atom. The minimum absolute atomic E-state index is 0.427. The second-order valence-electron chi connectivity index (χ2n) is 3.27. The molecule has 17 heavy (non-hydrogen) atoms. The van der Waals surface area contributed by atoms with Crippen molar-refractivity contribution in [1.29, 1.82) is 5.26 Å². The van der Waals surface area contributed by atoms with Crippen LogP contribution in [-0.4, -0.2) is 19.8 Å². The highest BCUT2D eigenvalue weighted by molar-refractivity contribution is 7.19. The largest absolute Gasteiger partial charge is 0.234 e. The third-order valence-corrected chi connectivity index (χ3v) is 3.50. The van der Waals surface area contributed by atoms with Crippen LogP contribution in [0.15, 0.2) is 24.5 Å². The highest BCUT2D eigenvalue weighted by Crippen LogP contribution is 2.28. The highest BCUT2D eigenvalue weighted by Gasteiger charge is 2.09. The van der Waals surface area contributed by atoms with Gasteiger partial charge >= 0.3 is 0 Å². The fourth-order valence-electron chi connectivity index (χ4n) is 1.42. The molecule has 0 spiro atoms. The van der Waals surface area contributed by atoms with Gasteiger partial charge in [0, 0.05) is 5.56 Å². The molecule has 0 atom stereocenters. The molecule has 1 aromatic carbocycles. The number of nitriles is 1. The van der Waals surface area contributed by atoms with Crippen molar-refractivity contribution in [3.05, 3.63) is 35.1 Å². The molecule has 3 rings (SSSR count). The first-order valence-electron chi connectivity index (χ1n) is 4.65. The number of hydrogen-bond donors (Lipinski definition) is 0. The lowest BCUT2D eigenvalue weighted by Crippen LogP contribution is -1.84. The van der Waals surface area contributed by atoms with Crippen LogP contribution < -0.4 is 0 Å². The van der Waals surface area contributed by atoms with Gasteiger partial charge in [-0.05, 0) is 12.1 Å². The van der Waals surface area contributed by atoms with Crippen LogP contribution in [0.1, 0.15) is 5.56 Å². The Morgan fingerprint density at radius 2 is 2.29 bits per heavy atom. The molecule has 0 aliphatic carbocycles. The van der Waals surface area contributed by atoms with Crippen LogP contribution in [0.3, 0.4) is 0 Å². The zero-order chi connectivity index (χ0) is 11.8. The molecular formula is C10H4ClN5S. The molecule has 5 nitrogen and oxygen atoms in total. The first kappa shape index (κ1) is 10.2. The molecule has 0 aliphatic heterocycles. The van der Waals surface area contributed by atoms with Crippen molar-refractivity contribution < 1.29 is 0 Å². The highest BCUT2D eigenvalue weighted by atomic mass is 35.5. The molecule has 82 valence electrons. The maximum Gasteiger partial charge on any atom is 0.234 e. The first-order chi connectivity index (χ1) is 8.28. The Balaban J connectivity index is 2.13. The van der Waals surface area contributed by atoms with Gasteiger partial charge in [-0.1, -0.05) is 29.0 Å². The maximum absolute atomic E-state index is 8.79. The summed E-state index contributed by atoms with van der Waals surface area (Å²) in [6.07, 6.45) is 1.54. The van der Waals surface area contributed by atoms with Gasteiger partial charge in [0.05, 0.1) is 10.6 Å². The summed E-state index contributed by atoms with van der Waals surface area (Å²) >= 11 is 7.39. The zero-order valence-corrected chi connectivity index (χ0v) is 9.90. The summed E-state index contributed by atoms with van der Waals surface area (Å²) in [6, 6.07) is 7.24. The molecule has 3 aromatic rings. The summed E-state index contributed by atoms with van der Waals surface area (Å²) in [7, 11) is 0. The molecule has 0 saturated carbocycles. The SMILES string of the molecule is N#Cc1ccc(-c2nn3cnnc3s2)cc1Cl. The Hall–Kier alpha value is -1.97.